The van der Waals surface area contributed by atoms with Gasteiger partial charge in [-0.15, -0.1) is 0 Å². The minimum Gasteiger partial charge on any atom is -0.463 e. The van der Waals surface area contributed by atoms with Crippen LogP contribution in [0.2, 0.25) is 0 Å². The molecule has 1 atom stereocenters. The predicted molar refractivity (Wildman–Crippen MR) is 96.4 cm³/mol. The Morgan fingerprint density at radius 1 is 0.962 bits per heavy atom. The molecule has 0 saturated carbocycles. The largest absolute Gasteiger partial charge is 0.463 e. The van der Waals surface area contributed by atoms with E-state index >= 15 is 0 Å². The van der Waals surface area contributed by atoms with Crippen molar-refractivity contribution in [3.8, 4) is 0 Å². The van der Waals surface area contributed by atoms with E-state index in [2.05, 4.69) is 5.32 Å². The predicted octanol–water partition coefficient (Wildman–Crippen LogP) is 2.45. The molecule has 2 aromatic carbocycles. The minimum absolute atomic E-state index is 0.104. The summed E-state index contributed by atoms with van der Waals surface area (Å²) in [6.07, 6.45) is -0.399. The summed E-state index contributed by atoms with van der Waals surface area (Å²) in [7, 11) is 0. The fourth-order valence-corrected chi connectivity index (χ4v) is 2.47. The Morgan fingerprint density at radius 2 is 1.54 bits per heavy atom. The maximum atomic E-state index is 12.2. The van der Waals surface area contributed by atoms with Crippen molar-refractivity contribution in [3.63, 3.8) is 0 Å². The van der Waals surface area contributed by atoms with Crippen LogP contribution in [-0.2, 0) is 27.3 Å². The van der Waals surface area contributed by atoms with Crippen molar-refractivity contribution in [1.82, 2.24) is 5.32 Å². The highest BCUT2D eigenvalue weighted by Crippen LogP contribution is 2.15. The number of hydrogen-bond acceptors (Lipinski definition) is 5. The SMILES string of the molecule is CC(=O)OC[C@](CO)(Cc1ccccc1)NC(=O)OCc1ccccc1. The van der Waals surface area contributed by atoms with Crippen LogP contribution >= 0.6 is 0 Å². The summed E-state index contributed by atoms with van der Waals surface area (Å²) in [6, 6.07) is 18.6. The van der Waals surface area contributed by atoms with Crippen molar-refractivity contribution >= 4 is 12.1 Å². The number of esters is 1. The van der Waals surface area contributed by atoms with Gasteiger partial charge in [0.15, 0.2) is 0 Å². The average Bonchev–Trinajstić information content (AvgIpc) is 2.66. The van der Waals surface area contributed by atoms with E-state index in [-0.39, 0.29) is 19.6 Å². The van der Waals surface area contributed by atoms with Crippen LogP contribution in [0.25, 0.3) is 0 Å². The van der Waals surface area contributed by atoms with Gasteiger partial charge in [-0.25, -0.2) is 4.79 Å². The topological polar surface area (TPSA) is 84.9 Å². The van der Waals surface area contributed by atoms with Gasteiger partial charge in [-0.1, -0.05) is 60.7 Å². The van der Waals surface area contributed by atoms with Gasteiger partial charge in [-0.05, 0) is 11.1 Å². The molecule has 0 bridgehead atoms. The third kappa shape index (κ3) is 6.22. The molecule has 0 fully saturated rings. The van der Waals surface area contributed by atoms with Crippen molar-refractivity contribution in [3.05, 3.63) is 71.8 Å². The maximum Gasteiger partial charge on any atom is 0.408 e. The summed E-state index contributed by atoms with van der Waals surface area (Å²) >= 11 is 0. The molecule has 0 radical (unpaired) electrons. The molecule has 0 spiro atoms. The Hall–Kier alpha value is -2.86. The lowest BCUT2D eigenvalue weighted by atomic mass is 9.92. The van der Waals surface area contributed by atoms with Crippen molar-refractivity contribution in [2.75, 3.05) is 13.2 Å². The number of carbonyl (C=O) groups is 2. The van der Waals surface area contributed by atoms with E-state index in [9.17, 15) is 14.7 Å². The third-order valence-electron chi connectivity index (χ3n) is 3.82. The number of alkyl carbamates (subject to hydrolysis) is 1. The van der Waals surface area contributed by atoms with Gasteiger partial charge in [-0.2, -0.15) is 0 Å². The molecule has 2 aromatic rings. The Bertz CT molecular complexity index is 705. The fourth-order valence-electron chi connectivity index (χ4n) is 2.47. The number of rotatable bonds is 8. The van der Waals surface area contributed by atoms with Crippen molar-refractivity contribution < 1.29 is 24.2 Å². The molecule has 2 rings (SSSR count). The smallest absolute Gasteiger partial charge is 0.408 e. The number of nitrogens with one attached hydrogen (secondary N) is 1. The Labute approximate surface area is 152 Å². The van der Waals surface area contributed by atoms with E-state index in [0.29, 0.717) is 0 Å². The lowest BCUT2D eigenvalue weighted by Gasteiger charge is -2.32. The molecule has 0 heterocycles. The van der Waals surface area contributed by atoms with Gasteiger partial charge in [0, 0.05) is 13.3 Å². The third-order valence-corrected chi connectivity index (χ3v) is 3.82. The van der Waals surface area contributed by atoms with Crippen molar-refractivity contribution in [2.24, 2.45) is 0 Å². The minimum atomic E-state index is -1.17. The van der Waals surface area contributed by atoms with Gasteiger partial charge in [0.1, 0.15) is 18.8 Å². The molecule has 0 unspecified atom stereocenters. The molecule has 6 nitrogen and oxygen atoms in total. The molecule has 26 heavy (non-hydrogen) atoms. The average molecular weight is 357 g/mol. The van der Waals surface area contributed by atoms with Crippen LogP contribution in [0, 0.1) is 0 Å². The summed E-state index contributed by atoms with van der Waals surface area (Å²) in [5, 5.41) is 12.6. The molecular weight excluding hydrogens is 334 g/mol. The zero-order chi connectivity index (χ0) is 18.8. The first-order chi connectivity index (χ1) is 12.5. The molecule has 138 valence electrons. The maximum absolute atomic E-state index is 12.2. The van der Waals surface area contributed by atoms with Gasteiger partial charge < -0.3 is 19.9 Å². The Kier molecular flexibility index (Phi) is 7.17. The van der Waals surface area contributed by atoms with Crippen molar-refractivity contribution in [1.29, 1.82) is 0 Å². The second-order valence-electron chi connectivity index (χ2n) is 6.07. The summed E-state index contributed by atoms with van der Waals surface area (Å²) in [5.41, 5.74) is 0.568. The van der Waals surface area contributed by atoms with E-state index in [1.807, 2.05) is 60.7 Å². The van der Waals surface area contributed by atoms with Gasteiger partial charge in [0.05, 0.1) is 6.61 Å². The van der Waals surface area contributed by atoms with Crippen LogP contribution in [0.3, 0.4) is 0 Å². The lowest BCUT2D eigenvalue weighted by molar-refractivity contribution is -0.143. The molecule has 2 N–H and O–H groups in total. The molecule has 0 aliphatic heterocycles. The number of hydrogen-bond donors (Lipinski definition) is 2. The first-order valence-corrected chi connectivity index (χ1v) is 8.30. The van der Waals surface area contributed by atoms with E-state index in [4.69, 9.17) is 9.47 Å². The normalized spacial score (nSPS) is 12.7. The zero-order valence-electron chi connectivity index (χ0n) is 14.7. The summed E-state index contributed by atoms with van der Waals surface area (Å²) in [4.78, 5) is 23.4. The Balaban J connectivity index is 2.06. The van der Waals surface area contributed by atoms with E-state index < -0.39 is 24.2 Å². The summed E-state index contributed by atoms with van der Waals surface area (Å²) in [5.74, 6) is -0.490. The van der Waals surface area contributed by atoms with Crippen LogP contribution in [0.15, 0.2) is 60.7 Å². The number of carbonyl (C=O) groups excluding carboxylic acids is 2. The van der Waals surface area contributed by atoms with Crippen LogP contribution < -0.4 is 5.32 Å². The van der Waals surface area contributed by atoms with Crippen LogP contribution in [0.5, 0.6) is 0 Å². The Morgan fingerprint density at radius 3 is 2.08 bits per heavy atom. The van der Waals surface area contributed by atoms with E-state index in [1.165, 1.54) is 6.92 Å². The highest BCUT2D eigenvalue weighted by Gasteiger charge is 2.34. The van der Waals surface area contributed by atoms with Crippen molar-refractivity contribution in [2.45, 2.75) is 25.5 Å². The summed E-state index contributed by atoms with van der Waals surface area (Å²) in [6.45, 7) is 0.815. The van der Waals surface area contributed by atoms with Gasteiger partial charge in [0.2, 0.25) is 0 Å². The molecule has 1 amide bonds. The van der Waals surface area contributed by atoms with Crippen LogP contribution in [-0.4, -0.2) is 35.9 Å². The second kappa shape index (κ2) is 9.58. The molecular formula is C20H23NO5. The van der Waals surface area contributed by atoms with E-state index in [1.54, 1.807) is 0 Å². The number of amides is 1. The standard InChI is InChI=1S/C20H23NO5/c1-16(23)26-15-20(14-22,12-17-8-4-2-5-9-17)21-19(24)25-13-18-10-6-3-7-11-18/h2-11,22H,12-15H2,1H3,(H,21,24)/t20-/m1/s1. The first kappa shape index (κ1) is 19.5. The zero-order valence-corrected chi connectivity index (χ0v) is 14.7. The molecule has 0 aliphatic rings. The molecule has 0 aromatic heterocycles. The first-order valence-electron chi connectivity index (χ1n) is 8.30. The second-order valence-corrected chi connectivity index (χ2v) is 6.07. The highest BCUT2D eigenvalue weighted by atomic mass is 16.6. The number of aliphatic hydroxyl groups is 1. The van der Waals surface area contributed by atoms with Crippen LogP contribution in [0.1, 0.15) is 18.1 Å². The van der Waals surface area contributed by atoms with Gasteiger partial charge >= 0.3 is 12.1 Å². The molecule has 6 heteroatoms. The number of benzene rings is 2. The molecule has 0 aliphatic carbocycles. The van der Waals surface area contributed by atoms with Crippen LogP contribution in [0.4, 0.5) is 4.79 Å². The fraction of sp³-hybridized carbons (Fsp3) is 0.300. The molecule has 0 saturated heterocycles. The number of aliphatic hydroxyl groups excluding tert-OH is 1. The highest BCUT2D eigenvalue weighted by molar-refractivity contribution is 5.69. The van der Waals surface area contributed by atoms with Gasteiger partial charge in [0.25, 0.3) is 0 Å². The lowest BCUT2D eigenvalue weighted by Crippen LogP contribution is -2.56. The monoisotopic (exact) mass is 357 g/mol. The number of ether oxygens (including phenoxy) is 2. The quantitative estimate of drug-likeness (QED) is 0.709. The summed E-state index contributed by atoms with van der Waals surface area (Å²) < 4.78 is 10.3. The van der Waals surface area contributed by atoms with E-state index in [0.717, 1.165) is 11.1 Å². The van der Waals surface area contributed by atoms with Gasteiger partial charge in [-0.3, -0.25) is 4.79 Å².